The monoisotopic (exact) mass is 134 g/mol. The highest BCUT2D eigenvalue weighted by Crippen LogP contribution is 2.16. The standard InChI is InChI=1S/C9H12N/c1-2-5-8-6-3-4-7-9(8)10/h2-3,6-7H,1,4-5,10H2. The smallest absolute Gasteiger partial charge is 0.0306 e. The van der Waals surface area contributed by atoms with Crippen molar-refractivity contribution in [3.8, 4) is 0 Å². The van der Waals surface area contributed by atoms with Gasteiger partial charge in [0.15, 0.2) is 0 Å². The maximum Gasteiger partial charge on any atom is 0.0306 e. The molecule has 0 saturated heterocycles. The maximum atomic E-state index is 5.69. The Morgan fingerprint density at radius 3 is 3.10 bits per heavy atom. The first-order valence-corrected chi connectivity index (χ1v) is 3.44. The van der Waals surface area contributed by atoms with E-state index in [1.807, 2.05) is 12.2 Å². The third-order valence-corrected chi connectivity index (χ3v) is 1.53. The molecule has 0 aromatic heterocycles. The number of nitrogens with two attached hydrogens (primary N) is 1. The van der Waals surface area contributed by atoms with E-state index in [-0.39, 0.29) is 0 Å². The van der Waals surface area contributed by atoms with E-state index in [4.69, 9.17) is 5.73 Å². The van der Waals surface area contributed by atoms with Gasteiger partial charge in [0.25, 0.3) is 0 Å². The molecule has 0 bridgehead atoms. The van der Waals surface area contributed by atoms with Crippen LogP contribution in [0.25, 0.3) is 0 Å². The molecule has 0 spiro atoms. The van der Waals surface area contributed by atoms with Crippen molar-refractivity contribution in [2.75, 3.05) is 0 Å². The lowest BCUT2D eigenvalue weighted by atomic mass is 10.0. The Morgan fingerprint density at radius 2 is 2.50 bits per heavy atom. The molecule has 0 atom stereocenters. The van der Waals surface area contributed by atoms with Gasteiger partial charge in [-0.3, -0.25) is 0 Å². The zero-order valence-corrected chi connectivity index (χ0v) is 6.01. The van der Waals surface area contributed by atoms with Crippen molar-refractivity contribution in [1.29, 1.82) is 0 Å². The molecule has 10 heavy (non-hydrogen) atoms. The van der Waals surface area contributed by atoms with Crippen molar-refractivity contribution < 1.29 is 0 Å². The Labute approximate surface area is 61.9 Å². The van der Waals surface area contributed by atoms with Gasteiger partial charge < -0.3 is 5.73 Å². The second-order valence-electron chi connectivity index (χ2n) is 2.32. The van der Waals surface area contributed by atoms with Gasteiger partial charge in [-0.25, -0.2) is 0 Å². The quantitative estimate of drug-likeness (QED) is 0.574. The predicted octanol–water partition coefficient (Wildman–Crippen LogP) is 1.94. The van der Waals surface area contributed by atoms with Crippen LogP contribution in [0.2, 0.25) is 0 Å². The van der Waals surface area contributed by atoms with E-state index in [9.17, 15) is 0 Å². The van der Waals surface area contributed by atoms with Crippen LogP contribution in [-0.4, -0.2) is 0 Å². The van der Waals surface area contributed by atoms with E-state index in [2.05, 4.69) is 19.1 Å². The van der Waals surface area contributed by atoms with Gasteiger partial charge in [0, 0.05) is 5.70 Å². The van der Waals surface area contributed by atoms with Crippen molar-refractivity contribution in [3.63, 3.8) is 0 Å². The largest absolute Gasteiger partial charge is 0.399 e. The van der Waals surface area contributed by atoms with Crippen molar-refractivity contribution in [2.24, 2.45) is 5.73 Å². The molecule has 0 aromatic carbocycles. The Morgan fingerprint density at radius 1 is 1.70 bits per heavy atom. The molecule has 1 nitrogen and oxygen atoms in total. The Balaban J connectivity index is 2.64. The Kier molecular flexibility index (Phi) is 2.32. The molecule has 53 valence electrons. The van der Waals surface area contributed by atoms with Crippen molar-refractivity contribution in [1.82, 2.24) is 0 Å². The fourth-order valence-corrected chi connectivity index (χ4v) is 0.974. The highest BCUT2D eigenvalue weighted by atomic mass is 14.6. The first kappa shape index (κ1) is 7.13. The van der Waals surface area contributed by atoms with Crippen LogP contribution in [0.3, 0.4) is 0 Å². The summed E-state index contributed by atoms with van der Waals surface area (Å²) in [5, 5.41) is 0. The molecule has 0 fully saturated rings. The lowest BCUT2D eigenvalue weighted by Gasteiger charge is -2.09. The topological polar surface area (TPSA) is 26.0 Å². The molecule has 1 heteroatoms. The molecule has 1 aliphatic carbocycles. The highest BCUT2D eigenvalue weighted by molar-refractivity contribution is 5.35. The molecule has 0 saturated carbocycles. The maximum absolute atomic E-state index is 5.69. The van der Waals surface area contributed by atoms with Crippen molar-refractivity contribution in [2.45, 2.75) is 12.8 Å². The highest BCUT2D eigenvalue weighted by Gasteiger charge is 2.01. The summed E-state index contributed by atoms with van der Waals surface area (Å²) in [4.78, 5) is 0. The average molecular weight is 134 g/mol. The number of hydrogen-bond donors (Lipinski definition) is 1. The summed E-state index contributed by atoms with van der Waals surface area (Å²) in [5.74, 6) is 0. The van der Waals surface area contributed by atoms with Crippen LogP contribution in [-0.2, 0) is 0 Å². The molecule has 1 aliphatic rings. The van der Waals surface area contributed by atoms with Gasteiger partial charge in [0.1, 0.15) is 0 Å². The molecule has 2 N–H and O–H groups in total. The zero-order valence-electron chi connectivity index (χ0n) is 6.01. The number of rotatable bonds is 2. The van der Waals surface area contributed by atoms with Gasteiger partial charge in [0.05, 0.1) is 0 Å². The summed E-state index contributed by atoms with van der Waals surface area (Å²) in [5.41, 5.74) is 7.78. The fourth-order valence-electron chi connectivity index (χ4n) is 0.974. The van der Waals surface area contributed by atoms with E-state index < -0.39 is 0 Å². The summed E-state index contributed by atoms with van der Waals surface area (Å²) in [6.07, 6.45) is 9.90. The molecular formula is C9H12N. The van der Waals surface area contributed by atoms with Crippen LogP contribution in [0.1, 0.15) is 12.8 Å². The van der Waals surface area contributed by atoms with Gasteiger partial charge >= 0.3 is 0 Å². The van der Waals surface area contributed by atoms with E-state index in [1.165, 1.54) is 5.57 Å². The first-order chi connectivity index (χ1) is 4.84. The lowest BCUT2D eigenvalue weighted by molar-refractivity contribution is 1.09. The summed E-state index contributed by atoms with van der Waals surface area (Å²) in [6.45, 7) is 3.65. The Hall–Kier alpha value is -0.980. The minimum Gasteiger partial charge on any atom is -0.399 e. The number of hydrogen-bond acceptors (Lipinski definition) is 1. The summed E-state index contributed by atoms with van der Waals surface area (Å²) >= 11 is 0. The molecule has 0 aromatic rings. The van der Waals surface area contributed by atoms with Gasteiger partial charge in [0.2, 0.25) is 0 Å². The average Bonchev–Trinajstić information content (AvgIpc) is 1.94. The van der Waals surface area contributed by atoms with Crippen LogP contribution in [0.5, 0.6) is 0 Å². The van der Waals surface area contributed by atoms with E-state index in [1.54, 1.807) is 0 Å². The fraction of sp³-hybridized carbons (Fsp3) is 0.222. The van der Waals surface area contributed by atoms with E-state index >= 15 is 0 Å². The predicted molar refractivity (Wildman–Crippen MR) is 44.1 cm³/mol. The molecule has 0 aliphatic heterocycles. The van der Waals surface area contributed by atoms with Crippen LogP contribution < -0.4 is 5.73 Å². The van der Waals surface area contributed by atoms with Crippen molar-refractivity contribution in [3.05, 3.63) is 42.5 Å². The van der Waals surface area contributed by atoms with Gasteiger partial charge in [-0.1, -0.05) is 18.2 Å². The lowest BCUT2D eigenvalue weighted by Crippen LogP contribution is -2.03. The van der Waals surface area contributed by atoms with Crippen LogP contribution >= 0.6 is 0 Å². The molecule has 1 rings (SSSR count). The van der Waals surface area contributed by atoms with Gasteiger partial charge in [-0.05, 0) is 24.8 Å². The van der Waals surface area contributed by atoms with Crippen LogP contribution in [0, 0.1) is 6.42 Å². The third kappa shape index (κ3) is 1.50. The van der Waals surface area contributed by atoms with Gasteiger partial charge in [-0.15, -0.1) is 6.58 Å². The third-order valence-electron chi connectivity index (χ3n) is 1.53. The SMILES string of the molecule is C=CCC1=C[CH]CC=C1N. The molecule has 0 unspecified atom stereocenters. The first-order valence-electron chi connectivity index (χ1n) is 3.44. The second kappa shape index (κ2) is 3.25. The Bertz CT molecular complexity index is 187. The van der Waals surface area contributed by atoms with E-state index in [0.29, 0.717) is 0 Å². The van der Waals surface area contributed by atoms with Crippen LogP contribution in [0.15, 0.2) is 36.1 Å². The summed E-state index contributed by atoms with van der Waals surface area (Å²) in [6, 6.07) is 0. The number of allylic oxidation sites excluding steroid dienone is 4. The molecule has 0 heterocycles. The minimum atomic E-state index is 0.874. The summed E-state index contributed by atoms with van der Waals surface area (Å²) in [7, 11) is 0. The minimum absolute atomic E-state index is 0.874. The second-order valence-corrected chi connectivity index (χ2v) is 2.32. The van der Waals surface area contributed by atoms with Crippen molar-refractivity contribution >= 4 is 0 Å². The van der Waals surface area contributed by atoms with Crippen LogP contribution in [0.4, 0.5) is 0 Å². The van der Waals surface area contributed by atoms with Gasteiger partial charge in [-0.2, -0.15) is 0 Å². The molecule has 0 amide bonds. The summed E-state index contributed by atoms with van der Waals surface area (Å²) < 4.78 is 0. The normalized spacial score (nSPS) is 17.6. The zero-order chi connectivity index (χ0) is 7.40. The van der Waals surface area contributed by atoms with E-state index in [0.717, 1.165) is 18.5 Å². The molecule has 1 radical (unpaired) electrons. The molecular weight excluding hydrogens is 122 g/mol.